The molecule has 162 valence electrons. The van der Waals surface area contributed by atoms with Gasteiger partial charge in [-0.3, -0.25) is 0 Å². The van der Waals surface area contributed by atoms with Gasteiger partial charge in [-0.15, -0.1) is 0 Å². The van der Waals surface area contributed by atoms with E-state index in [2.05, 4.69) is 16.3 Å². The summed E-state index contributed by atoms with van der Waals surface area (Å²) in [5.74, 6) is 1.53. The third-order valence-corrected chi connectivity index (χ3v) is 6.39. The first-order valence-corrected chi connectivity index (χ1v) is 11.5. The number of ether oxygens (including phenoxy) is 3. The zero-order valence-electron chi connectivity index (χ0n) is 18.0. The van der Waals surface area contributed by atoms with Crippen LogP contribution in [0.3, 0.4) is 0 Å². The van der Waals surface area contributed by atoms with E-state index in [1.54, 1.807) is 14.2 Å². The summed E-state index contributed by atoms with van der Waals surface area (Å²) in [5.41, 5.74) is 1.08. The van der Waals surface area contributed by atoms with E-state index in [4.69, 9.17) is 26.4 Å². The van der Waals surface area contributed by atoms with Crippen molar-refractivity contribution in [2.75, 3.05) is 27.4 Å². The van der Waals surface area contributed by atoms with Crippen molar-refractivity contribution in [1.82, 2.24) is 10.2 Å². The van der Waals surface area contributed by atoms with Crippen LogP contribution in [0.5, 0.6) is 11.5 Å². The maximum absolute atomic E-state index is 5.91. The Morgan fingerprint density at radius 2 is 1.83 bits per heavy atom. The third kappa shape index (κ3) is 6.48. The second-order valence-corrected chi connectivity index (χ2v) is 8.55. The number of rotatable bonds is 7. The molecule has 1 saturated heterocycles. The van der Waals surface area contributed by atoms with E-state index in [0.717, 1.165) is 48.2 Å². The molecule has 1 N–H and O–H groups in total. The van der Waals surface area contributed by atoms with Crippen LogP contribution in [0.25, 0.3) is 0 Å². The maximum Gasteiger partial charge on any atom is 0.169 e. The Morgan fingerprint density at radius 1 is 1.07 bits per heavy atom. The zero-order valence-corrected chi connectivity index (χ0v) is 18.8. The Kier molecular flexibility index (Phi) is 8.87. The second-order valence-electron chi connectivity index (χ2n) is 8.16. The van der Waals surface area contributed by atoms with Crippen molar-refractivity contribution in [1.29, 1.82) is 0 Å². The number of methoxy groups -OCH3 is 2. The number of hydrogen-bond acceptors (Lipinski definition) is 4. The van der Waals surface area contributed by atoms with Gasteiger partial charge in [-0.05, 0) is 44.0 Å². The first-order chi connectivity index (χ1) is 14.2. The van der Waals surface area contributed by atoms with Crippen LogP contribution < -0.4 is 14.8 Å². The lowest BCUT2D eigenvalue weighted by Gasteiger charge is -2.32. The van der Waals surface area contributed by atoms with Crippen LogP contribution in [-0.2, 0) is 11.3 Å². The highest BCUT2D eigenvalue weighted by molar-refractivity contribution is 7.80. The van der Waals surface area contributed by atoms with E-state index in [1.165, 1.54) is 44.9 Å². The number of thiocarbonyl (C=S) groups is 1. The van der Waals surface area contributed by atoms with Crippen molar-refractivity contribution >= 4 is 17.3 Å². The molecule has 5 nitrogen and oxygen atoms in total. The molecule has 1 aromatic rings. The lowest BCUT2D eigenvalue weighted by molar-refractivity contribution is 0.0893. The summed E-state index contributed by atoms with van der Waals surface area (Å²) < 4.78 is 17.0. The van der Waals surface area contributed by atoms with Gasteiger partial charge in [-0.25, -0.2) is 0 Å². The van der Waals surface area contributed by atoms with Crippen LogP contribution in [-0.4, -0.2) is 49.5 Å². The Balaban J connectivity index is 1.72. The monoisotopic (exact) mass is 420 g/mol. The van der Waals surface area contributed by atoms with Crippen LogP contribution in [0.2, 0.25) is 0 Å². The van der Waals surface area contributed by atoms with Gasteiger partial charge in [-0.2, -0.15) is 0 Å². The Hall–Kier alpha value is -1.53. The molecule has 3 rings (SSSR count). The van der Waals surface area contributed by atoms with Gasteiger partial charge in [0.2, 0.25) is 0 Å². The summed E-state index contributed by atoms with van der Waals surface area (Å²) >= 11 is 5.90. The fourth-order valence-corrected chi connectivity index (χ4v) is 4.71. The highest BCUT2D eigenvalue weighted by Gasteiger charge is 2.24. The van der Waals surface area contributed by atoms with Gasteiger partial charge in [0, 0.05) is 31.3 Å². The summed E-state index contributed by atoms with van der Waals surface area (Å²) in [6, 6.07) is 6.49. The minimum atomic E-state index is 0.240. The maximum atomic E-state index is 5.91. The predicted octanol–water partition coefficient (Wildman–Crippen LogP) is 4.67. The first-order valence-electron chi connectivity index (χ1n) is 11.1. The van der Waals surface area contributed by atoms with Gasteiger partial charge in [0.25, 0.3) is 0 Å². The van der Waals surface area contributed by atoms with Crippen LogP contribution >= 0.6 is 12.2 Å². The molecule has 1 aromatic carbocycles. The predicted molar refractivity (Wildman–Crippen MR) is 121 cm³/mol. The van der Waals surface area contributed by atoms with E-state index < -0.39 is 0 Å². The number of nitrogens with zero attached hydrogens (tertiary/aromatic N) is 1. The fraction of sp³-hybridized carbons (Fsp3) is 0.696. The lowest BCUT2D eigenvalue weighted by atomic mass is 9.97. The van der Waals surface area contributed by atoms with Crippen molar-refractivity contribution in [2.24, 2.45) is 0 Å². The van der Waals surface area contributed by atoms with E-state index in [-0.39, 0.29) is 6.10 Å². The molecule has 1 atom stereocenters. The first kappa shape index (κ1) is 22.2. The smallest absolute Gasteiger partial charge is 0.169 e. The molecule has 1 heterocycles. The number of nitrogens with one attached hydrogen (secondary N) is 1. The largest absolute Gasteiger partial charge is 0.493 e. The van der Waals surface area contributed by atoms with Crippen LogP contribution in [0.1, 0.15) is 63.4 Å². The summed E-state index contributed by atoms with van der Waals surface area (Å²) in [5, 5.41) is 4.51. The summed E-state index contributed by atoms with van der Waals surface area (Å²) in [4.78, 5) is 2.25. The average molecular weight is 421 g/mol. The van der Waals surface area contributed by atoms with Crippen molar-refractivity contribution in [2.45, 2.75) is 76.5 Å². The molecule has 1 saturated carbocycles. The summed E-state index contributed by atoms with van der Waals surface area (Å²) in [6.07, 6.45) is 11.5. The van der Waals surface area contributed by atoms with Gasteiger partial charge < -0.3 is 24.4 Å². The minimum Gasteiger partial charge on any atom is -0.493 e. The SMILES string of the molecule is COc1cccc(CN(CC2CCCO2)C(=S)NC2CCCCCCC2)c1OC. The topological polar surface area (TPSA) is 43.0 Å². The van der Waals surface area contributed by atoms with Crippen molar-refractivity contribution in [3.63, 3.8) is 0 Å². The third-order valence-electron chi connectivity index (χ3n) is 6.01. The van der Waals surface area contributed by atoms with E-state index >= 15 is 0 Å². The Labute approximate surface area is 181 Å². The standard InChI is InChI=1S/C23H36N2O3S/c1-26-21-14-8-10-18(22(21)27-2)16-25(17-20-13-9-15-28-20)23(29)24-19-11-6-4-3-5-7-12-19/h8,10,14,19-20H,3-7,9,11-13,15-17H2,1-2H3,(H,24,29). The molecular formula is C23H36N2O3S. The normalized spacial score (nSPS) is 20.6. The molecule has 2 aliphatic rings. The van der Waals surface area contributed by atoms with Crippen molar-refractivity contribution < 1.29 is 14.2 Å². The van der Waals surface area contributed by atoms with Crippen LogP contribution in [0.4, 0.5) is 0 Å². The zero-order chi connectivity index (χ0) is 20.5. The Bertz CT molecular complexity index is 641. The average Bonchev–Trinajstić information content (AvgIpc) is 3.22. The molecule has 1 unspecified atom stereocenters. The molecule has 6 heteroatoms. The highest BCUT2D eigenvalue weighted by Crippen LogP contribution is 2.32. The molecule has 29 heavy (non-hydrogen) atoms. The second kappa shape index (κ2) is 11.6. The summed E-state index contributed by atoms with van der Waals surface area (Å²) in [7, 11) is 3.36. The molecule has 0 radical (unpaired) electrons. The number of hydrogen-bond donors (Lipinski definition) is 1. The van der Waals surface area contributed by atoms with Gasteiger partial charge in [-0.1, -0.05) is 44.2 Å². The molecule has 1 aliphatic carbocycles. The summed E-state index contributed by atoms with van der Waals surface area (Å²) in [6.45, 7) is 2.33. The fourth-order valence-electron chi connectivity index (χ4n) is 4.40. The van der Waals surface area contributed by atoms with E-state index in [0.29, 0.717) is 12.6 Å². The molecule has 0 aromatic heterocycles. The molecule has 0 spiro atoms. The van der Waals surface area contributed by atoms with Gasteiger partial charge >= 0.3 is 0 Å². The van der Waals surface area contributed by atoms with Gasteiger partial charge in [0.1, 0.15) is 0 Å². The minimum absolute atomic E-state index is 0.240. The van der Waals surface area contributed by atoms with E-state index in [9.17, 15) is 0 Å². The van der Waals surface area contributed by atoms with Crippen molar-refractivity contribution in [3.8, 4) is 11.5 Å². The molecule has 1 aliphatic heterocycles. The van der Waals surface area contributed by atoms with Crippen LogP contribution in [0.15, 0.2) is 18.2 Å². The lowest BCUT2D eigenvalue weighted by Crippen LogP contribution is -2.47. The van der Waals surface area contributed by atoms with Gasteiger partial charge in [0.15, 0.2) is 16.6 Å². The molecule has 0 bridgehead atoms. The van der Waals surface area contributed by atoms with Gasteiger partial charge in [0.05, 0.1) is 20.3 Å². The molecule has 0 amide bonds. The molecule has 2 fully saturated rings. The van der Waals surface area contributed by atoms with Crippen LogP contribution in [0, 0.1) is 0 Å². The number of para-hydroxylation sites is 1. The Morgan fingerprint density at radius 3 is 2.48 bits per heavy atom. The number of benzene rings is 1. The quantitative estimate of drug-likeness (QED) is 0.647. The van der Waals surface area contributed by atoms with Crippen molar-refractivity contribution in [3.05, 3.63) is 23.8 Å². The molecular weight excluding hydrogens is 384 g/mol. The van der Waals surface area contributed by atoms with E-state index in [1.807, 2.05) is 12.1 Å². The highest BCUT2D eigenvalue weighted by atomic mass is 32.1.